The second-order valence-electron chi connectivity index (χ2n) is 5.88. The fraction of sp³-hybridized carbons (Fsp3) is 0.0500. The van der Waals surface area contributed by atoms with E-state index in [1.54, 1.807) is 36.4 Å². The van der Waals surface area contributed by atoms with Crippen LogP contribution in [0.25, 0.3) is 11.1 Å². The van der Waals surface area contributed by atoms with Gasteiger partial charge in [-0.05, 0) is 34.9 Å². The van der Waals surface area contributed by atoms with E-state index in [1.165, 1.54) is 0 Å². The molecule has 0 radical (unpaired) electrons. The Balaban J connectivity index is 1.78. The van der Waals surface area contributed by atoms with Gasteiger partial charge in [0.1, 0.15) is 0 Å². The van der Waals surface area contributed by atoms with Crippen molar-refractivity contribution in [2.24, 2.45) is 0 Å². The third kappa shape index (κ3) is 4.67. The highest BCUT2D eigenvalue weighted by Gasteiger charge is 2.17. The van der Waals surface area contributed by atoms with Gasteiger partial charge >= 0.3 is 7.60 Å². The van der Waals surface area contributed by atoms with Crippen LogP contribution in [0.3, 0.4) is 0 Å². The average molecular weight is 367 g/mol. The number of benzene rings is 3. The molecule has 5 nitrogen and oxygen atoms in total. The molecule has 0 fully saturated rings. The number of hydrogen-bond donors (Lipinski definition) is 3. The van der Waals surface area contributed by atoms with E-state index in [2.05, 4.69) is 5.32 Å². The van der Waals surface area contributed by atoms with Gasteiger partial charge in [-0.15, -0.1) is 0 Å². The van der Waals surface area contributed by atoms with Crippen molar-refractivity contribution in [1.29, 1.82) is 0 Å². The van der Waals surface area contributed by atoms with Crippen LogP contribution in [-0.2, 0) is 10.7 Å². The summed E-state index contributed by atoms with van der Waals surface area (Å²) in [6, 6.07) is 23.6. The van der Waals surface area contributed by atoms with E-state index in [4.69, 9.17) is 0 Å². The number of rotatable bonds is 5. The monoisotopic (exact) mass is 367 g/mol. The van der Waals surface area contributed by atoms with Crippen LogP contribution >= 0.6 is 7.60 Å². The first kappa shape index (κ1) is 18.1. The second-order valence-corrected chi connectivity index (χ2v) is 7.52. The van der Waals surface area contributed by atoms with Gasteiger partial charge in [-0.1, -0.05) is 60.7 Å². The molecule has 3 aromatic carbocycles. The van der Waals surface area contributed by atoms with Crippen molar-refractivity contribution in [1.82, 2.24) is 0 Å². The average Bonchev–Trinajstić information content (AvgIpc) is 2.63. The molecule has 0 saturated heterocycles. The zero-order valence-corrected chi connectivity index (χ0v) is 14.8. The largest absolute Gasteiger partial charge is 0.329 e. The molecule has 0 atom stereocenters. The lowest BCUT2D eigenvalue weighted by atomic mass is 10.0. The van der Waals surface area contributed by atoms with Crippen molar-refractivity contribution in [2.45, 2.75) is 6.16 Å². The number of carbonyl (C=O) groups excluding carboxylic acids is 1. The molecule has 0 spiro atoms. The first-order valence-corrected chi connectivity index (χ1v) is 9.81. The third-order valence-electron chi connectivity index (χ3n) is 3.90. The summed E-state index contributed by atoms with van der Waals surface area (Å²) >= 11 is 0. The van der Waals surface area contributed by atoms with Gasteiger partial charge in [0.25, 0.3) is 5.91 Å². The maximum Gasteiger partial charge on any atom is 0.329 e. The summed E-state index contributed by atoms with van der Waals surface area (Å²) in [5.74, 6) is -0.331. The molecular formula is C20H18NO4P. The molecule has 0 bridgehead atoms. The van der Waals surface area contributed by atoms with Crippen molar-refractivity contribution < 1.29 is 19.1 Å². The number of anilines is 1. The van der Waals surface area contributed by atoms with E-state index in [1.807, 2.05) is 42.5 Å². The number of carbonyl (C=O) groups is 1. The smallest absolute Gasteiger partial charge is 0.324 e. The first-order chi connectivity index (χ1) is 12.4. The quantitative estimate of drug-likeness (QED) is 0.588. The Labute approximate surface area is 151 Å². The van der Waals surface area contributed by atoms with Crippen molar-refractivity contribution in [2.75, 3.05) is 5.32 Å². The molecular weight excluding hydrogens is 349 g/mol. The molecule has 3 aromatic rings. The van der Waals surface area contributed by atoms with Gasteiger partial charge in [0.2, 0.25) is 0 Å². The van der Waals surface area contributed by atoms with Gasteiger partial charge < -0.3 is 15.1 Å². The number of nitrogens with one attached hydrogen (secondary N) is 1. The van der Waals surface area contributed by atoms with Gasteiger partial charge in [0.05, 0.1) is 6.16 Å². The molecule has 3 rings (SSSR count). The Bertz CT molecular complexity index is 949. The van der Waals surface area contributed by atoms with E-state index >= 15 is 0 Å². The van der Waals surface area contributed by atoms with Crippen LogP contribution < -0.4 is 5.32 Å². The van der Waals surface area contributed by atoms with Crippen LogP contribution in [-0.4, -0.2) is 15.7 Å². The summed E-state index contributed by atoms with van der Waals surface area (Å²) < 4.78 is 11.3. The van der Waals surface area contributed by atoms with E-state index in [0.29, 0.717) is 16.8 Å². The summed E-state index contributed by atoms with van der Waals surface area (Å²) in [7, 11) is -4.22. The fourth-order valence-electron chi connectivity index (χ4n) is 2.64. The molecule has 132 valence electrons. The molecule has 0 aromatic heterocycles. The predicted octanol–water partition coefficient (Wildman–Crippen LogP) is 4.28. The molecule has 6 heteroatoms. The van der Waals surface area contributed by atoms with Crippen LogP contribution in [0.5, 0.6) is 0 Å². The SMILES string of the molecule is O=C(Nc1ccccc1CP(=O)(O)O)c1ccc(-c2ccccc2)cc1. The number of hydrogen-bond acceptors (Lipinski definition) is 2. The highest BCUT2D eigenvalue weighted by atomic mass is 31.2. The maximum atomic E-state index is 12.5. The molecule has 0 aliphatic carbocycles. The first-order valence-electron chi connectivity index (χ1n) is 8.02. The predicted molar refractivity (Wildman–Crippen MR) is 102 cm³/mol. The second kappa shape index (κ2) is 7.67. The third-order valence-corrected chi connectivity index (χ3v) is 4.65. The van der Waals surface area contributed by atoms with Crippen LogP contribution in [0.15, 0.2) is 78.9 Å². The lowest BCUT2D eigenvalue weighted by Crippen LogP contribution is -2.13. The summed E-state index contributed by atoms with van der Waals surface area (Å²) in [5, 5.41) is 2.73. The standard InChI is InChI=1S/C20H18NO4P/c22-20(21-19-9-5-4-8-18(19)14-26(23,24)25)17-12-10-16(11-13-17)15-6-2-1-3-7-15/h1-13H,14H2,(H,21,22)(H2,23,24,25). The zero-order chi connectivity index (χ0) is 18.6. The van der Waals surface area contributed by atoms with E-state index in [9.17, 15) is 19.1 Å². The van der Waals surface area contributed by atoms with Crippen molar-refractivity contribution in [3.63, 3.8) is 0 Å². The normalized spacial score (nSPS) is 11.2. The molecule has 0 aliphatic heterocycles. The van der Waals surface area contributed by atoms with E-state index < -0.39 is 13.8 Å². The van der Waals surface area contributed by atoms with Crippen molar-refractivity contribution in [3.8, 4) is 11.1 Å². The molecule has 0 heterocycles. The van der Waals surface area contributed by atoms with Gasteiger partial charge in [-0.25, -0.2) is 0 Å². The summed E-state index contributed by atoms with van der Waals surface area (Å²) in [4.78, 5) is 30.8. The Morgan fingerprint density at radius 3 is 2.04 bits per heavy atom. The van der Waals surface area contributed by atoms with Crippen LogP contribution in [0, 0.1) is 0 Å². The highest BCUT2D eigenvalue weighted by molar-refractivity contribution is 7.50. The van der Waals surface area contributed by atoms with Gasteiger partial charge in [-0.2, -0.15) is 0 Å². The lowest BCUT2D eigenvalue weighted by Gasteiger charge is -2.12. The van der Waals surface area contributed by atoms with Crippen LogP contribution in [0.4, 0.5) is 5.69 Å². The molecule has 1 amide bonds. The minimum Gasteiger partial charge on any atom is -0.324 e. The Kier molecular flexibility index (Phi) is 5.33. The van der Waals surface area contributed by atoms with Crippen molar-refractivity contribution in [3.05, 3.63) is 90.0 Å². The number of amides is 1. The summed E-state index contributed by atoms with van der Waals surface area (Å²) in [6.45, 7) is 0. The Morgan fingerprint density at radius 2 is 1.38 bits per heavy atom. The maximum absolute atomic E-state index is 12.5. The molecule has 26 heavy (non-hydrogen) atoms. The number of para-hydroxylation sites is 1. The van der Waals surface area contributed by atoms with Crippen molar-refractivity contribution >= 4 is 19.2 Å². The van der Waals surface area contributed by atoms with Crippen LogP contribution in [0.1, 0.15) is 15.9 Å². The van der Waals surface area contributed by atoms with E-state index in [-0.39, 0.29) is 5.91 Å². The molecule has 0 saturated carbocycles. The summed E-state index contributed by atoms with van der Waals surface area (Å²) in [5.41, 5.74) is 3.33. The molecule has 0 aliphatic rings. The Morgan fingerprint density at radius 1 is 0.808 bits per heavy atom. The fourth-order valence-corrected chi connectivity index (χ4v) is 3.36. The molecule has 3 N–H and O–H groups in total. The minimum absolute atomic E-state index is 0.331. The minimum atomic E-state index is -4.22. The van der Waals surface area contributed by atoms with Gasteiger partial charge in [0, 0.05) is 11.3 Å². The Hall–Kier alpha value is -2.72. The van der Waals surface area contributed by atoms with Crippen LogP contribution in [0.2, 0.25) is 0 Å². The zero-order valence-electron chi connectivity index (χ0n) is 13.9. The van der Waals surface area contributed by atoms with Gasteiger partial charge in [-0.3, -0.25) is 9.36 Å². The summed E-state index contributed by atoms with van der Waals surface area (Å²) in [6.07, 6.45) is -0.420. The van der Waals surface area contributed by atoms with E-state index in [0.717, 1.165) is 11.1 Å². The van der Waals surface area contributed by atoms with Gasteiger partial charge in [0.15, 0.2) is 0 Å². The topological polar surface area (TPSA) is 86.6 Å². The lowest BCUT2D eigenvalue weighted by molar-refractivity contribution is 0.102. The molecule has 0 unspecified atom stereocenters. The highest BCUT2D eigenvalue weighted by Crippen LogP contribution is 2.40.